The number of hydrogen-bond acceptors (Lipinski definition) is 4. The summed E-state index contributed by atoms with van der Waals surface area (Å²) in [6.07, 6.45) is 0. The van der Waals surface area contributed by atoms with Gasteiger partial charge in [0.15, 0.2) is 0 Å². The fraction of sp³-hybridized carbons (Fsp3) is 0.529. The molecule has 0 aliphatic carbocycles. The van der Waals surface area contributed by atoms with Crippen molar-refractivity contribution in [2.75, 3.05) is 32.7 Å². The lowest BCUT2D eigenvalue weighted by molar-refractivity contribution is -0.130. The first kappa shape index (κ1) is 20.0. The van der Waals surface area contributed by atoms with Crippen LogP contribution in [0.1, 0.15) is 25.5 Å². The highest BCUT2D eigenvalue weighted by Crippen LogP contribution is 2.25. The molecule has 25 heavy (non-hydrogen) atoms. The van der Waals surface area contributed by atoms with E-state index in [2.05, 4.69) is 21.6 Å². The zero-order chi connectivity index (χ0) is 17.3. The number of urea groups is 1. The van der Waals surface area contributed by atoms with Gasteiger partial charge in [-0.15, -0.1) is 12.4 Å². The predicted octanol–water partition coefficient (Wildman–Crippen LogP) is 2.04. The molecule has 0 bridgehead atoms. The molecule has 8 heteroatoms. The quantitative estimate of drug-likeness (QED) is 0.777. The van der Waals surface area contributed by atoms with Gasteiger partial charge in [0.25, 0.3) is 5.91 Å². The van der Waals surface area contributed by atoms with Crippen molar-refractivity contribution in [1.82, 2.24) is 20.4 Å². The first-order chi connectivity index (χ1) is 11.4. The van der Waals surface area contributed by atoms with Gasteiger partial charge >= 0.3 is 6.03 Å². The van der Waals surface area contributed by atoms with Crippen molar-refractivity contribution < 1.29 is 9.59 Å². The Morgan fingerprint density at radius 2 is 2.04 bits per heavy atom. The van der Waals surface area contributed by atoms with E-state index in [4.69, 9.17) is 11.6 Å². The number of carbonyl (C=O) groups is 2. The molecule has 3 amide bonds. The van der Waals surface area contributed by atoms with Crippen molar-refractivity contribution in [1.29, 1.82) is 0 Å². The summed E-state index contributed by atoms with van der Waals surface area (Å²) in [5, 5.41) is 6.83. The normalized spacial score (nSPS) is 23.3. The number of benzene rings is 1. The topological polar surface area (TPSA) is 64.7 Å². The van der Waals surface area contributed by atoms with Gasteiger partial charge < -0.3 is 10.6 Å². The predicted molar refractivity (Wildman–Crippen MR) is 100 cm³/mol. The van der Waals surface area contributed by atoms with Gasteiger partial charge in [-0.2, -0.15) is 0 Å². The molecule has 6 nitrogen and oxygen atoms in total. The van der Waals surface area contributed by atoms with Crippen molar-refractivity contribution in [3.05, 3.63) is 34.9 Å². The molecule has 0 saturated carbocycles. The second-order valence-electron chi connectivity index (χ2n) is 6.82. The van der Waals surface area contributed by atoms with E-state index in [1.807, 2.05) is 18.2 Å². The Labute approximate surface area is 159 Å². The molecule has 0 radical (unpaired) electrons. The molecule has 3 rings (SSSR count). The zero-order valence-corrected chi connectivity index (χ0v) is 16.0. The third kappa shape index (κ3) is 4.26. The minimum absolute atomic E-state index is 0. The average Bonchev–Trinajstić information content (AvgIpc) is 2.74. The molecule has 2 aliphatic heterocycles. The Hall–Kier alpha value is -1.34. The highest BCUT2D eigenvalue weighted by Gasteiger charge is 2.44. The van der Waals surface area contributed by atoms with Crippen molar-refractivity contribution in [3.63, 3.8) is 0 Å². The summed E-state index contributed by atoms with van der Waals surface area (Å²) < 4.78 is 0. The molecule has 1 aromatic carbocycles. The Kier molecular flexibility index (Phi) is 6.32. The molecule has 1 atom stereocenters. The molecule has 1 aromatic rings. The summed E-state index contributed by atoms with van der Waals surface area (Å²) in [5.74, 6) is -0.165. The number of halogens is 2. The molecular weight excluding hydrogens is 363 g/mol. The smallest absolute Gasteiger partial charge is 0.324 e. The summed E-state index contributed by atoms with van der Waals surface area (Å²) in [6, 6.07) is 7.73. The average molecular weight is 387 g/mol. The van der Waals surface area contributed by atoms with Crippen LogP contribution in [0, 0.1) is 0 Å². The van der Waals surface area contributed by atoms with Crippen LogP contribution in [0.15, 0.2) is 24.3 Å². The number of rotatable bonds is 4. The van der Waals surface area contributed by atoms with Gasteiger partial charge in [0.2, 0.25) is 0 Å². The first-order valence-corrected chi connectivity index (χ1v) is 8.60. The molecular formula is C17H24Cl2N4O2. The van der Waals surface area contributed by atoms with Crippen LogP contribution in [0.3, 0.4) is 0 Å². The van der Waals surface area contributed by atoms with Gasteiger partial charge in [0.1, 0.15) is 5.54 Å². The maximum atomic E-state index is 12.3. The summed E-state index contributed by atoms with van der Waals surface area (Å²) in [5.41, 5.74) is 0.333. The number of imide groups is 1. The molecule has 0 spiro atoms. The third-order valence-corrected chi connectivity index (χ3v) is 4.88. The summed E-state index contributed by atoms with van der Waals surface area (Å²) in [7, 11) is 0. The van der Waals surface area contributed by atoms with E-state index in [1.165, 1.54) is 4.90 Å². The van der Waals surface area contributed by atoms with Crippen LogP contribution in [0.5, 0.6) is 0 Å². The second kappa shape index (κ2) is 7.91. The molecule has 2 N–H and O–H groups in total. The SMILES string of the molecule is CC1(C)NC(=O)N(CCN2CCNCC2c2cccc(Cl)c2)C1=O.Cl. The molecule has 2 saturated heterocycles. The van der Waals surface area contributed by atoms with Gasteiger partial charge in [-0.1, -0.05) is 23.7 Å². The van der Waals surface area contributed by atoms with Crippen LogP contribution in [-0.2, 0) is 4.79 Å². The van der Waals surface area contributed by atoms with E-state index in [-0.39, 0.29) is 30.4 Å². The first-order valence-electron chi connectivity index (χ1n) is 8.23. The van der Waals surface area contributed by atoms with Gasteiger partial charge in [0.05, 0.1) is 0 Å². The molecule has 2 aliphatic rings. The van der Waals surface area contributed by atoms with Crippen LogP contribution in [0.2, 0.25) is 5.02 Å². The lowest BCUT2D eigenvalue weighted by Crippen LogP contribution is -2.49. The van der Waals surface area contributed by atoms with Crippen molar-refractivity contribution in [3.8, 4) is 0 Å². The maximum Gasteiger partial charge on any atom is 0.325 e. The van der Waals surface area contributed by atoms with Crippen LogP contribution in [0.25, 0.3) is 0 Å². The Balaban J connectivity index is 0.00000225. The van der Waals surface area contributed by atoms with Crippen LogP contribution >= 0.6 is 24.0 Å². The maximum absolute atomic E-state index is 12.3. The van der Waals surface area contributed by atoms with E-state index < -0.39 is 5.54 Å². The highest BCUT2D eigenvalue weighted by atomic mass is 35.5. The Morgan fingerprint density at radius 1 is 1.28 bits per heavy atom. The number of piperazine rings is 1. The molecule has 1 unspecified atom stereocenters. The van der Waals surface area contributed by atoms with E-state index in [1.54, 1.807) is 13.8 Å². The van der Waals surface area contributed by atoms with Crippen LogP contribution < -0.4 is 10.6 Å². The van der Waals surface area contributed by atoms with Crippen molar-refractivity contribution in [2.45, 2.75) is 25.4 Å². The van der Waals surface area contributed by atoms with Gasteiger partial charge in [-0.3, -0.25) is 14.6 Å². The fourth-order valence-electron chi connectivity index (χ4n) is 3.31. The molecule has 2 heterocycles. The number of carbonyl (C=O) groups excluding carboxylic acids is 2. The molecule has 2 fully saturated rings. The van der Waals surface area contributed by atoms with Gasteiger partial charge in [0, 0.05) is 43.8 Å². The lowest BCUT2D eigenvalue weighted by Gasteiger charge is -2.37. The van der Waals surface area contributed by atoms with Crippen molar-refractivity contribution >= 4 is 35.9 Å². The van der Waals surface area contributed by atoms with Gasteiger partial charge in [-0.25, -0.2) is 4.79 Å². The Morgan fingerprint density at radius 3 is 2.68 bits per heavy atom. The highest BCUT2D eigenvalue weighted by molar-refractivity contribution is 6.30. The lowest BCUT2D eigenvalue weighted by atomic mass is 10.0. The molecule has 138 valence electrons. The number of nitrogens with zero attached hydrogens (tertiary/aromatic N) is 2. The van der Waals surface area contributed by atoms with E-state index in [9.17, 15) is 9.59 Å². The number of amides is 3. The number of nitrogens with one attached hydrogen (secondary N) is 2. The summed E-state index contributed by atoms with van der Waals surface area (Å²) in [6.45, 7) is 7.08. The standard InChI is InChI=1S/C17H23ClN4O2.ClH/c1-17(2)15(23)22(16(24)20-17)9-8-21-7-6-19-11-14(21)12-4-3-5-13(18)10-12;/h3-5,10,14,19H,6-9,11H2,1-2H3,(H,20,24);1H. The summed E-state index contributed by atoms with van der Waals surface area (Å²) in [4.78, 5) is 27.9. The zero-order valence-electron chi connectivity index (χ0n) is 14.4. The molecule has 0 aromatic heterocycles. The van der Waals surface area contributed by atoms with Crippen molar-refractivity contribution in [2.24, 2.45) is 0 Å². The third-order valence-electron chi connectivity index (χ3n) is 4.64. The fourth-order valence-corrected chi connectivity index (χ4v) is 3.50. The van der Waals surface area contributed by atoms with Crippen LogP contribution in [0.4, 0.5) is 4.79 Å². The Bertz CT molecular complexity index is 653. The number of hydrogen-bond donors (Lipinski definition) is 2. The van der Waals surface area contributed by atoms with E-state index >= 15 is 0 Å². The van der Waals surface area contributed by atoms with E-state index in [0.717, 1.165) is 25.2 Å². The minimum Gasteiger partial charge on any atom is -0.324 e. The van der Waals surface area contributed by atoms with E-state index in [0.29, 0.717) is 18.1 Å². The summed E-state index contributed by atoms with van der Waals surface area (Å²) >= 11 is 6.12. The van der Waals surface area contributed by atoms with Crippen LogP contribution in [-0.4, -0.2) is 60.0 Å². The largest absolute Gasteiger partial charge is 0.325 e. The van der Waals surface area contributed by atoms with Gasteiger partial charge in [-0.05, 0) is 31.5 Å². The second-order valence-corrected chi connectivity index (χ2v) is 7.26. The minimum atomic E-state index is -0.813. The monoisotopic (exact) mass is 386 g/mol.